The predicted octanol–water partition coefficient (Wildman–Crippen LogP) is 4.07. The van der Waals surface area contributed by atoms with Gasteiger partial charge in [-0.15, -0.1) is 0 Å². The van der Waals surface area contributed by atoms with Crippen molar-refractivity contribution in [3.63, 3.8) is 0 Å². The molecule has 1 saturated heterocycles. The Labute approximate surface area is 176 Å². The van der Waals surface area contributed by atoms with Crippen molar-refractivity contribution < 1.29 is 9.53 Å². The number of hydrogen-bond donors (Lipinski definition) is 0. The van der Waals surface area contributed by atoms with Gasteiger partial charge in [0.2, 0.25) is 0 Å². The van der Waals surface area contributed by atoms with E-state index in [0.717, 1.165) is 72.3 Å². The molecule has 0 bridgehead atoms. The Bertz CT molecular complexity index is 1050. The van der Waals surface area contributed by atoms with Gasteiger partial charge in [0.25, 0.3) is 5.91 Å². The topological polar surface area (TPSA) is 60.2 Å². The highest BCUT2D eigenvalue weighted by molar-refractivity contribution is 5.97. The maximum atomic E-state index is 12.8. The fraction of sp³-hybridized carbons (Fsp3) is 0.458. The van der Waals surface area contributed by atoms with Gasteiger partial charge in [0.1, 0.15) is 11.6 Å². The van der Waals surface area contributed by atoms with E-state index < -0.39 is 0 Å². The summed E-state index contributed by atoms with van der Waals surface area (Å²) in [7, 11) is 0. The smallest absolute Gasteiger partial charge is 0.253 e. The first-order valence-electron chi connectivity index (χ1n) is 11.1. The van der Waals surface area contributed by atoms with E-state index in [-0.39, 0.29) is 5.91 Å². The van der Waals surface area contributed by atoms with Crippen LogP contribution in [0.15, 0.2) is 36.5 Å². The molecule has 5 rings (SSSR count). The van der Waals surface area contributed by atoms with Crippen LogP contribution in [0.3, 0.4) is 0 Å². The average molecular weight is 405 g/mol. The number of fused-ring (bicyclic) bond motifs is 1. The molecule has 0 unspecified atom stereocenters. The van der Waals surface area contributed by atoms with E-state index >= 15 is 0 Å². The van der Waals surface area contributed by atoms with Crippen molar-refractivity contribution in [2.24, 2.45) is 5.92 Å². The average Bonchev–Trinajstić information content (AvgIpc) is 3.29. The van der Waals surface area contributed by atoms with Gasteiger partial charge >= 0.3 is 0 Å². The van der Waals surface area contributed by atoms with Crippen molar-refractivity contribution in [2.75, 3.05) is 19.7 Å². The normalized spacial score (nSPS) is 16.4. The summed E-state index contributed by atoms with van der Waals surface area (Å²) >= 11 is 0. The summed E-state index contributed by atoms with van der Waals surface area (Å²) in [5.74, 6) is 2.67. The first-order chi connectivity index (χ1) is 14.7. The summed E-state index contributed by atoms with van der Waals surface area (Å²) in [4.78, 5) is 24.3. The van der Waals surface area contributed by atoms with Gasteiger partial charge in [0.05, 0.1) is 23.8 Å². The van der Waals surface area contributed by atoms with Gasteiger partial charge in [0.15, 0.2) is 0 Å². The summed E-state index contributed by atoms with van der Waals surface area (Å²) in [5.41, 5.74) is 3.73. The van der Waals surface area contributed by atoms with Gasteiger partial charge < -0.3 is 14.2 Å². The zero-order chi connectivity index (χ0) is 20.5. The molecule has 2 fully saturated rings. The number of nitrogens with zero attached hydrogens (tertiary/aromatic N) is 4. The number of carbonyl (C=O) groups excluding carboxylic acids is 1. The number of imidazole rings is 1. The standard InChI is InChI=1S/C24H28N4O2/c1-2-30-20-9-8-19(25-15-20)14-23-26-21-13-18(24(29)27-11-3-4-12-27)7-10-22(21)28(23)16-17-5-6-17/h7-10,13,15,17H,2-6,11-12,14,16H2,1H3. The molecule has 1 aliphatic heterocycles. The number of carbonyl (C=O) groups is 1. The molecule has 2 aromatic heterocycles. The van der Waals surface area contributed by atoms with Gasteiger partial charge in [-0.3, -0.25) is 9.78 Å². The highest BCUT2D eigenvalue weighted by Gasteiger charge is 2.25. The van der Waals surface area contributed by atoms with E-state index in [1.807, 2.05) is 36.1 Å². The quantitative estimate of drug-likeness (QED) is 0.596. The molecule has 1 aliphatic carbocycles. The Hall–Kier alpha value is -2.89. The Morgan fingerprint density at radius 3 is 2.70 bits per heavy atom. The van der Waals surface area contributed by atoms with Crippen LogP contribution in [0.25, 0.3) is 11.0 Å². The SMILES string of the molecule is CCOc1ccc(Cc2nc3cc(C(=O)N4CCCC4)ccc3n2CC2CC2)nc1. The van der Waals surface area contributed by atoms with Gasteiger partial charge in [-0.2, -0.15) is 0 Å². The van der Waals surface area contributed by atoms with Gasteiger partial charge in [0, 0.05) is 37.3 Å². The van der Waals surface area contributed by atoms with Crippen LogP contribution in [0.4, 0.5) is 0 Å². The molecule has 30 heavy (non-hydrogen) atoms. The third-order valence-electron chi connectivity index (χ3n) is 6.05. The Morgan fingerprint density at radius 1 is 1.17 bits per heavy atom. The summed E-state index contributed by atoms with van der Waals surface area (Å²) in [5, 5.41) is 0. The lowest BCUT2D eigenvalue weighted by Crippen LogP contribution is -2.27. The molecule has 3 aromatic rings. The first kappa shape index (κ1) is 19.1. The van der Waals surface area contributed by atoms with Crippen molar-refractivity contribution >= 4 is 16.9 Å². The van der Waals surface area contributed by atoms with Crippen LogP contribution in [-0.2, 0) is 13.0 Å². The maximum Gasteiger partial charge on any atom is 0.253 e. The van der Waals surface area contributed by atoms with Crippen LogP contribution in [0.1, 0.15) is 54.5 Å². The number of amides is 1. The second kappa shape index (κ2) is 8.09. The number of ether oxygens (including phenoxy) is 1. The number of rotatable bonds is 7. The van der Waals surface area contributed by atoms with Crippen molar-refractivity contribution in [3.8, 4) is 5.75 Å². The van der Waals surface area contributed by atoms with Crippen molar-refractivity contribution in [1.82, 2.24) is 19.4 Å². The molecule has 156 valence electrons. The minimum atomic E-state index is 0.126. The van der Waals surface area contributed by atoms with Crippen molar-refractivity contribution in [2.45, 2.75) is 45.6 Å². The monoisotopic (exact) mass is 404 g/mol. The highest BCUT2D eigenvalue weighted by atomic mass is 16.5. The Balaban J connectivity index is 1.45. The molecule has 1 aromatic carbocycles. The van der Waals surface area contributed by atoms with Crippen LogP contribution in [-0.4, -0.2) is 45.0 Å². The predicted molar refractivity (Wildman–Crippen MR) is 116 cm³/mol. The van der Waals surface area contributed by atoms with E-state index in [0.29, 0.717) is 13.0 Å². The zero-order valence-electron chi connectivity index (χ0n) is 17.5. The zero-order valence-corrected chi connectivity index (χ0v) is 17.5. The fourth-order valence-corrected chi connectivity index (χ4v) is 4.24. The molecule has 3 heterocycles. The number of benzene rings is 1. The summed E-state index contributed by atoms with van der Waals surface area (Å²) in [6.07, 6.45) is 7.22. The van der Waals surface area contributed by atoms with Crippen molar-refractivity contribution in [3.05, 3.63) is 53.6 Å². The second-order valence-electron chi connectivity index (χ2n) is 8.38. The van der Waals surface area contributed by atoms with Crippen LogP contribution < -0.4 is 4.74 Å². The summed E-state index contributed by atoms with van der Waals surface area (Å²) in [6.45, 7) is 5.32. The molecule has 2 aliphatic rings. The van der Waals surface area contributed by atoms with Gasteiger partial charge in [-0.1, -0.05) is 0 Å². The fourth-order valence-electron chi connectivity index (χ4n) is 4.24. The molecule has 1 amide bonds. The molecular weight excluding hydrogens is 376 g/mol. The number of likely N-dealkylation sites (tertiary alicyclic amines) is 1. The third-order valence-corrected chi connectivity index (χ3v) is 6.05. The molecule has 0 N–H and O–H groups in total. The summed E-state index contributed by atoms with van der Waals surface area (Å²) < 4.78 is 7.83. The Kier molecular flexibility index (Phi) is 5.15. The first-order valence-corrected chi connectivity index (χ1v) is 11.1. The van der Waals surface area contributed by atoms with E-state index in [9.17, 15) is 4.79 Å². The molecule has 0 atom stereocenters. The van der Waals surface area contributed by atoms with Crippen LogP contribution >= 0.6 is 0 Å². The van der Waals surface area contributed by atoms with Crippen molar-refractivity contribution in [1.29, 1.82) is 0 Å². The minimum Gasteiger partial charge on any atom is -0.492 e. The second-order valence-corrected chi connectivity index (χ2v) is 8.38. The van der Waals surface area contributed by atoms with Crippen LogP contribution in [0.2, 0.25) is 0 Å². The largest absolute Gasteiger partial charge is 0.492 e. The third kappa shape index (κ3) is 3.91. The highest BCUT2D eigenvalue weighted by Crippen LogP contribution is 2.33. The van der Waals surface area contributed by atoms with Gasteiger partial charge in [-0.05, 0) is 68.9 Å². The molecular formula is C24H28N4O2. The Morgan fingerprint density at radius 2 is 2.00 bits per heavy atom. The number of pyridine rings is 1. The van der Waals surface area contributed by atoms with E-state index in [4.69, 9.17) is 9.72 Å². The maximum absolute atomic E-state index is 12.8. The lowest BCUT2D eigenvalue weighted by atomic mass is 10.1. The number of aromatic nitrogens is 3. The minimum absolute atomic E-state index is 0.126. The number of hydrogen-bond acceptors (Lipinski definition) is 4. The van der Waals surface area contributed by atoms with Crippen LogP contribution in [0, 0.1) is 5.92 Å². The molecule has 6 nitrogen and oxygen atoms in total. The molecule has 1 saturated carbocycles. The molecule has 0 spiro atoms. The van der Waals surface area contributed by atoms with Gasteiger partial charge in [-0.25, -0.2) is 4.98 Å². The summed E-state index contributed by atoms with van der Waals surface area (Å²) in [6, 6.07) is 9.98. The van der Waals surface area contributed by atoms with E-state index in [2.05, 4.69) is 15.6 Å². The van der Waals surface area contributed by atoms with E-state index in [1.54, 1.807) is 6.20 Å². The lowest BCUT2D eigenvalue weighted by Gasteiger charge is -2.15. The molecule has 0 radical (unpaired) electrons. The lowest BCUT2D eigenvalue weighted by molar-refractivity contribution is 0.0793. The van der Waals surface area contributed by atoms with Crippen LogP contribution in [0.5, 0.6) is 5.75 Å². The van der Waals surface area contributed by atoms with E-state index in [1.165, 1.54) is 12.8 Å². The molecule has 6 heteroatoms.